The SMILES string of the molecule is O=C(C1CCCCC1)N1c2ccccc2CCC1CNCCOc1ccc(Cl)cc1. The topological polar surface area (TPSA) is 41.6 Å². The molecule has 1 amide bonds. The van der Waals surface area contributed by atoms with Crippen LogP contribution < -0.4 is 15.0 Å². The number of aryl methyl sites for hydroxylation is 1. The van der Waals surface area contributed by atoms with Gasteiger partial charge in [0, 0.05) is 35.8 Å². The van der Waals surface area contributed by atoms with Crippen LogP contribution in [0.3, 0.4) is 0 Å². The number of halogens is 1. The zero-order chi connectivity index (χ0) is 20.8. The molecule has 160 valence electrons. The Morgan fingerprint density at radius 2 is 1.80 bits per heavy atom. The number of hydrogen-bond acceptors (Lipinski definition) is 3. The fourth-order valence-electron chi connectivity index (χ4n) is 4.68. The molecule has 1 heterocycles. The summed E-state index contributed by atoms with van der Waals surface area (Å²) in [5.74, 6) is 1.33. The molecule has 4 nitrogen and oxygen atoms in total. The minimum absolute atomic E-state index is 0.181. The van der Waals surface area contributed by atoms with E-state index >= 15 is 0 Å². The predicted octanol–water partition coefficient (Wildman–Crippen LogP) is 5.24. The summed E-state index contributed by atoms with van der Waals surface area (Å²) in [5, 5.41) is 4.22. The molecular formula is C25H31ClN2O2. The lowest BCUT2D eigenvalue weighted by atomic mass is 9.86. The molecule has 0 radical (unpaired) electrons. The van der Waals surface area contributed by atoms with Crippen LogP contribution in [0.4, 0.5) is 5.69 Å². The zero-order valence-corrected chi connectivity index (χ0v) is 18.2. The maximum absolute atomic E-state index is 13.5. The summed E-state index contributed by atoms with van der Waals surface area (Å²) >= 11 is 5.91. The van der Waals surface area contributed by atoms with Gasteiger partial charge in [-0.3, -0.25) is 4.79 Å². The van der Waals surface area contributed by atoms with E-state index in [1.165, 1.54) is 24.8 Å². The number of carbonyl (C=O) groups is 1. The van der Waals surface area contributed by atoms with E-state index < -0.39 is 0 Å². The molecule has 1 aliphatic heterocycles. The Labute approximate surface area is 184 Å². The minimum atomic E-state index is 0.181. The molecule has 1 fully saturated rings. The summed E-state index contributed by atoms with van der Waals surface area (Å²) in [6.07, 6.45) is 7.71. The maximum Gasteiger partial charge on any atom is 0.230 e. The van der Waals surface area contributed by atoms with Gasteiger partial charge in [-0.25, -0.2) is 0 Å². The number of benzene rings is 2. The Balaban J connectivity index is 1.35. The van der Waals surface area contributed by atoms with Crippen molar-refractivity contribution >= 4 is 23.2 Å². The van der Waals surface area contributed by atoms with Gasteiger partial charge in [-0.2, -0.15) is 0 Å². The van der Waals surface area contributed by atoms with Crippen molar-refractivity contribution in [3.05, 3.63) is 59.1 Å². The monoisotopic (exact) mass is 426 g/mol. The van der Waals surface area contributed by atoms with Crippen molar-refractivity contribution in [1.82, 2.24) is 5.32 Å². The Hall–Kier alpha value is -2.04. The number of nitrogens with zero attached hydrogens (tertiary/aromatic N) is 1. The zero-order valence-electron chi connectivity index (χ0n) is 17.5. The van der Waals surface area contributed by atoms with Crippen LogP contribution in [0.2, 0.25) is 5.02 Å². The highest BCUT2D eigenvalue weighted by Gasteiger charge is 2.34. The van der Waals surface area contributed by atoms with Crippen molar-refractivity contribution in [2.24, 2.45) is 5.92 Å². The molecular weight excluding hydrogens is 396 g/mol. The third-order valence-corrected chi connectivity index (χ3v) is 6.55. The van der Waals surface area contributed by atoms with Crippen molar-refractivity contribution in [2.45, 2.75) is 51.0 Å². The van der Waals surface area contributed by atoms with Gasteiger partial charge in [-0.15, -0.1) is 0 Å². The molecule has 1 unspecified atom stereocenters. The number of nitrogens with one attached hydrogen (secondary N) is 1. The van der Waals surface area contributed by atoms with Crippen LogP contribution in [0.5, 0.6) is 5.75 Å². The number of amides is 1. The molecule has 4 rings (SSSR count). The van der Waals surface area contributed by atoms with E-state index in [0.29, 0.717) is 17.5 Å². The lowest BCUT2D eigenvalue weighted by Crippen LogP contribution is -2.51. The van der Waals surface area contributed by atoms with Gasteiger partial charge in [0.1, 0.15) is 12.4 Å². The predicted molar refractivity (Wildman–Crippen MR) is 122 cm³/mol. The van der Waals surface area contributed by atoms with Gasteiger partial charge >= 0.3 is 0 Å². The number of hydrogen-bond donors (Lipinski definition) is 1. The molecule has 1 saturated carbocycles. The quantitative estimate of drug-likeness (QED) is 0.616. The van der Waals surface area contributed by atoms with E-state index in [4.69, 9.17) is 16.3 Å². The molecule has 0 bridgehead atoms. The Bertz CT molecular complexity index is 833. The molecule has 1 aliphatic carbocycles. The largest absolute Gasteiger partial charge is 0.492 e. The summed E-state index contributed by atoms with van der Waals surface area (Å²) in [6.45, 7) is 2.12. The molecule has 1 atom stereocenters. The van der Waals surface area contributed by atoms with E-state index in [2.05, 4.69) is 34.5 Å². The van der Waals surface area contributed by atoms with Crippen molar-refractivity contribution in [2.75, 3.05) is 24.6 Å². The Morgan fingerprint density at radius 1 is 1.03 bits per heavy atom. The summed E-state index contributed by atoms with van der Waals surface area (Å²) in [6, 6.07) is 16.0. The standard InChI is InChI=1S/C25H31ClN2O2/c26-21-11-14-23(15-12-21)30-17-16-27-18-22-13-10-19-6-4-5-9-24(19)28(22)25(29)20-7-2-1-3-8-20/h4-6,9,11-12,14-15,20,22,27H,1-3,7-8,10,13,16-18H2. The normalized spacial score (nSPS) is 19.4. The second kappa shape index (κ2) is 10.3. The first-order chi connectivity index (χ1) is 14.7. The summed E-state index contributed by atoms with van der Waals surface area (Å²) in [7, 11) is 0. The van der Waals surface area contributed by atoms with E-state index in [1.54, 1.807) is 0 Å². The molecule has 0 saturated heterocycles. The molecule has 2 aromatic rings. The van der Waals surface area contributed by atoms with Crippen LogP contribution in [0, 0.1) is 5.92 Å². The number of carbonyl (C=O) groups excluding carboxylic acids is 1. The fraction of sp³-hybridized carbons (Fsp3) is 0.480. The van der Waals surface area contributed by atoms with Crippen molar-refractivity contribution in [3.8, 4) is 5.75 Å². The summed E-state index contributed by atoms with van der Waals surface area (Å²) < 4.78 is 5.77. The second-order valence-electron chi connectivity index (χ2n) is 8.37. The molecule has 0 spiro atoms. The first-order valence-corrected chi connectivity index (χ1v) is 11.6. The molecule has 1 N–H and O–H groups in total. The van der Waals surface area contributed by atoms with Crippen LogP contribution in [0.25, 0.3) is 0 Å². The first-order valence-electron chi connectivity index (χ1n) is 11.2. The Kier molecular flexibility index (Phi) is 7.29. The van der Waals surface area contributed by atoms with Gasteiger partial charge in [0.2, 0.25) is 5.91 Å². The van der Waals surface area contributed by atoms with Crippen molar-refractivity contribution < 1.29 is 9.53 Å². The number of para-hydroxylation sites is 1. The lowest BCUT2D eigenvalue weighted by molar-refractivity contribution is -0.123. The van der Waals surface area contributed by atoms with Crippen LogP contribution in [0.15, 0.2) is 48.5 Å². The van der Waals surface area contributed by atoms with Crippen LogP contribution in [-0.4, -0.2) is 31.6 Å². The van der Waals surface area contributed by atoms with Crippen molar-refractivity contribution in [3.63, 3.8) is 0 Å². The molecule has 2 aromatic carbocycles. The highest BCUT2D eigenvalue weighted by molar-refractivity contribution is 6.30. The second-order valence-corrected chi connectivity index (χ2v) is 8.81. The van der Waals surface area contributed by atoms with Crippen LogP contribution in [-0.2, 0) is 11.2 Å². The third-order valence-electron chi connectivity index (χ3n) is 6.30. The van der Waals surface area contributed by atoms with Gasteiger partial charge in [0.25, 0.3) is 0 Å². The number of rotatable bonds is 7. The van der Waals surface area contributed by atoms with E-state index in [1.807, 2.05) is 24.3 Å². The third kappa shape index (κ3) is 5.16. The lowest BCUT2D eigenvalue weighted by Gasteiger charge is -2.40. The number of anilines is 1. The highest BCUT2D eigenvalue weighted by Crippen LogP contribution is 2.34. The summed E-state index contributed by atoms with van der Waals surface area (Å²) in [5.41, 5.74) is 2.41. The van der Waals surface area contributed by atoms with Gasteiger partial charge in [-0.05, 0) is 61.6 Å². The van der Waals surface area contributed by atoms with Crippen LogP contribution in [0.1, 0.15) is 44.1 Å². The summed E-state index contributed by atoms with van der Waals surface area (Å²) in [4.78, 5) is 15.6. The average Bonchev–Trinajstić information content (AvgIpc) is 2.80. The molecule has 2 aliphatic rings. The van der Waals surface area contributed by atoms with E-state index in [9.17, 15) is 4.79 Å². The van der Waals surface area contributed by atoms with Gasteiger partial charge in [0.05, 0.1) is 0 Å². The Morgan fingerprint density at radius 3 is 2.60 bits per heavy atom. The molecule has 0 aromatic heterocycles. The van der Waals surface area contributed by atoms with E-state index in [0.717, 1.165) is 50.2 Å². The smallest absolute Gasteiger partial charge is 0.230 e. The average molecular weight is 427 g/mol. The van der Waals surface area contributed by atoms with Gasteiger partial charge in [-0.1, -0.05) is 49.1 Å². The fourth-order valence-corrected chi connectivity index (χ4v) is 4.81. The van der Waals surface area contributed by atoms with Crippen LogP contribution >= 0.6 is 11.6 Å². The molecule has 5 heteroatoms. The van der Waals surface area contributed by atoms with Crippen molar-refractivity contribution in [1.29, 1.82) is 0 Å². The molecule has 30 heavy (non-hydrogen) atoms. The number of ether oxygens (including phenoxy) is 1. The first kappa shape index (κ1) is 21.2. The highest BCUT2D eigenvalue weighted by atomic mass is 35.5. The van der Waals surface area contributed by atoms with Gasteiger partial charge < -0.3 is 15.0 Å². The number of fused-ring (bicyclic) bond motifs is 1. The van der Waals surface area contributed by atoms with Gasteiger partial charge in [0.15, 0.2) is 0 Å². The maximum atomic E-state index is 13.5. The minimum Gasteiger partial charge on any atom is -0.492 e. The van der Waals surface area contributed by atoms with E-state index in [-0.39, 0.29) is 12.0 Å².